The maximum atomic E-state index is 12.5. The van der Waals surface area contributed by atoms with Gasteiger partial charge < -0.3 is 21.1 Å². The molecule has 0 radical (unpaired) electrons. The van der Waals surface area contributed by atoms with Crippen LogP contribution >= 0.6 is 0 Å². The summed E-state index contributed by atoms with van der Waals surface area (Å²) in [4.78, 5) is 47.7. The molecule has 0 bridgehead atoms. The first-order chi connectivity index (χ1) is 12.4. The lowest BCUT2D eigenvalue weighted by Crippen LogP contribution is -2.58. The monoisotopic (exact) mass is 405 g/mol. The van der Waals surface area contributed by atoms with Crippen molar-refractivity contribution in [1.29, 1.82) is 0 Å². The molecular formula is C17H31N3O6S. The molecule has 4 atom stereocenters. The van der Waals surface area contributed by atoms with Gasteiger partial charge in [-0.2, -0.15) is 0 Å². The number of hydrogen-bond donors (Lipinski definition) is 4. The van der Waals surface area contributed by atoms with Crippen LogP contribution in [0.3, 0.4) is 0 Å². The van der Waals surface area contributed by atoms with E-state index in [9.17, 15) is 28.5 Å². The third kappa shape index (κ3) is 9.50. The highest BCUT2D eigenvalue weighted by Gasteiger charge is 2.32. The number of nitrogens with one attached hydrogen (secondary N) is 3. The molecule has 0 rings (SSSR count). The second-order valence-corrected chi connectivity index (χ2v) is 8.67. The van der Waals surface area contributed by atoms with E-state index in [1.165, 1.54) is 13.2 Å². The van der Waals surface area contributed by atoms with Crippen molar-refractivity contribution in [3.8, 4) is 0 Å². The normalized spacial score (nSPS) is 15.6. The van der Waals surface area contributed by atoms with E-state index in [0.29, 0.717) is 0 Å². The fourth-order valence-corrected chi connectivity index (χ4v) is 2.91. The highest BCUT2D eigenvalue weighted by atomic mass is 32.2. The zero-order valence-electron chi connectivity index (χ0n) is 16.7. The van der Waals surface area contributed by atoms with E-state index in [1.54, 1.807) is 27.7 Å². The van der Waals surface area contributed by atoms with E-state index in [0.717, 1.165) is 0 Å². The minimum Gasteiger partial charge on any atom is -0.480 e. The van der Waals surface area contributed by atoms with Gasteiger partial charge in [-0.05, 0) is 18.3 Å². The van der Waals surface area contributed by atoms with Crippen LogP contribution in [0.15, 0.2) is 0 Å². The molecule has 0 aromatic rings. The van der Waals surface area contributed by atoms with Gasteiger partial charge >= 0.3 is 5.97 Å². The summed E-state index contributed by atoms with van der Waals surface area (Å²) in [5, 5.41) is 16.7. The minimum atomic E-state index is -1.16. The quantitative estimate of drug-likeness (QED) is 0.369. The Bertz CT molecular complexity index is 579. The highest BCUT2D eigenvalue weighted by Crippen LogP contribution is 2.07. The molecule has 0 spiro atoms. The molecule has 10 heteroatoms. The molecule has 4 N–H and O–H groups in total. The van der Waals surface area contributed by atoms with E-state index < -0.39 is 52.6 Å². The summed E-state index contributed by atoms with van der Waals surface area (Å²) in [6.07, 6.45) is 1.65. The van der Waals surface area contributed by atoms with Crippen LogP contribution in [0.2, 0.25) is 0 Å². The first-order valence-electron chi connectivity index (χ1n) is 8.77. The zero-order valence-corrected chi connectivity index (χ0v) is 17.5. The van der Waals surface area contributed by atoms with Crippen molar-refractivity contribution in [2.75, 3.05) is 12.0 Å². The van der Waals surface area contributed by atoms with E-state index in [2.05, 4.69) is 16.0 Å². The minimum absolute atomic E-state index is 0.157. The lowest BCUT2D eigenvalue weighted by atomic mass is 9.99. The van der Waals surface area contributed by atoms with Gasteiger partial charge in [-0.25, -0.2) is 4.79 Å². The lowest BCUT2D eigenvalue weighted by molar-refractivity contribution is -0.143. The van der Waals surface area contributed by atoms with E-state index >= 15 is 0 Å². The van der Waals surface area contributed by atoms with Gasteiger partial charge in [-0.1, -0.05) is 27.7 Å². The van der Waals surface area contributed by atoms with Crippen molar-refractivity contribution in [1.82, 2.24) is 16.0 Å². The summed E-state index contributed by atoms with van der Waals surface area (Å²) in [5.74, 6) is -3.20. The Hall–Kier alpha value is -1.97. The number of hydrogen-bond acceptors (Lipinski definition) is 5. The van der Waals surface area contributed by atoms with Gasteiger partial charge in [-0.15, -0.1) is 0 Å². The lowest BCUT2D eigenvalue weighted by Gasteiger charge is -2.27. The van der Waals surface area contributed by atoms with Gasteiger partial charge in [0.1, 0.15) is 18.1 Å². The molecule has 0 saturated carbocycles. The number of carboxylic acid groups (broad SMARTS) is 1. The van der Waals surface area contributed by atoms with Gasteiger partial charge in [0.2, 0.25) is 17.7 Å². The predicted molar refractivity (Wildman–Crippen MR) is 102 cm³/mol. The fraction of sp³-hybridized carbons (Fsp3) is 0.765. The molecule has 0 aromatic heterocycles. The van der Waals surface area contributed by atoms with Gasteiger partial charge in [-0.3, -0.25) is 18.6 Å². The Morgan fingerprint density at radius 3 is 1.74 bits per heavy atom. The van der Waals surface area contributed by atoms with Gasteiger partial charge in [0.15, 0.2) is 0 Å². The molecule has 156 valence electrons. The second kappa shape index (κ2) is 11.7. The molecule has 0 saturated heterocycles. The summed E-state index contributed by atoms with van der Waals surface area (Å²) in [7, 11) is -1.14. The Kier molecular flexibility index (Phi) is 10.8. The molecular weight excluding hydrogens is 374 g/mol. The van der Waals surface area contributed by atoms with Crippen LogP contribution in [-0.2, 0) is 30.0 Å². The summed E-state index contributed by atoms with van der Waals surface area (Å²) in [6.45, 7) is 8.02. The van der Waals surface area contributed by atoms with Gasteiger partial charge in [0.25, 0.3) is 0 Å². The molecule has 3 amide bonds. The van der Waals surface area contributed by atoms with Crippen LogP contribution in [0.1, 0.15) is 41.0 Å². The van der Waals surface area contributed by atoms with E-state index in [1.807, 2.05) is 0 Å². The summed E-state index contributed by atoms with van der Waals surface area (Å²) >= 11 is 0. The molecule has 0 aromatic carbocycles. The summed E-state index contributed by atoms with van der Waals surface area (Å²) in [5.41, 5.74) is 0. The predicted octanol–water partition coefficient (Wildman–Crippen LogP) is -0.374. The largest absolute Gasteiger partial charge is 0.480 e. The van der Waals surface area contributed by atoms with Gasteiger partial charge in [0, 0.05) is 29.7 Å². The smallest absolute Gasteiger partial charge is 0.326 e. The standard InChI is InChI=1S/C17H31N3O6S/c1-9(2)13(16(23)20-14(10(3)4)17(24)25)19-15(22)12(18-11(5)21)7-8-27(6)26/h9-10,12-14H,7-8H2,1-6H3,(H,18,21)(H,19,22)(H,20,23)(H,24,25). The average molecular weight is 406 g/mol. The third-order valence-corrected chi connectivity index (χ3v) is 4.68. The molecule has 9 nitrogen and oxygen atoms in total. The van der Waals surface area contributed by atoms with Crippen LogP contribution in [0, 0.1) is 11.8 Å². The van der Waals surface area contributed by atoms with Crippen molar-refractivity contribution in [2.45, 2.75) is 59.2 Å². The average Bonchev–Trinajstić information content (AvgIpc) is 2.52. The van der Waals surface area contributed by atoms with Crippen LogP contribution in [0.4, 0.5) is 0 Å². The molecule has 4 unspecified atom stereocenters. The maximum Gasteiger partial charge on any atom is 0.326 e. The molecule has 0 heterocycles. The Labute approximate surface area is 162 Å². The SMILES string of the molecule is CC(=O)NC(CCS(C)=O)C(=O)NC(C(=O)NC(C(=O)O)C(C)C)C(C)C. The molecule has 0 fully saturated rings. The molecule has 27 heavy (non-hydrogen) atoms. The second-order valence-electron chi connectivity index (χ2n) is 7.12. The summed E-state index contributed by atoms with van der Waals surface area (Å²) < 4.78 is 11.3. The zero-order chi connectivity index (χ0) is 21.3. The number of carbonyl (C=O) groups excluding carboxylic acids is 3. The maximum absolute atomic E-state index is 12.5. The first-order valence-corrected chi connectivity index (χ1v) is 10.5. The number of carbonyl (C=O) groups is 4. The van der Waals surface area contributed by atoms with Gasteiger partial charge in [0.05, 0.1) is 0 Å². The summed E-state index contributed by atoms with van der Waals surface area (Å²) in [6, 6.07) is -2.98. The number of rotatable bonds is 11. The van der Waals surface area contributed by atoms with Crippen molar-refractivity contribution in [3.05, 3.63) is 0 Å². The molecule has 0 aliphatic heterocycles. The fourth-order valence-electron chi connectivity index (χ4n) is 2.34. The van der Waals surface area contributed by atoms with Crippen LogP contribution in [-0.4, -0.2) is 63.1 Å². The number of aliphatic carboxylic acids is 1. The van der Waals surface area contributed by atoms with E-state index in [-0.39, 0.29) is 24.0 Å². The Balaban J connectivity index is 5.25. The van der Waals surface area contributed by atoms with Crippen molar-refractivity contribution in [2.24, 2.45) is 11.8 Å². The van der Waals surface area contributed by atoms with Crippen LogP contribution in [0.5, 0.6) is 0 Å². The molecule has 0 aliphatic rings. The molecule has 0 aliphatic carbocycles. The topological polar surface area (TPSA) is 142 Å². The number of carboxylic acids is 1. The number of amides is 3. The first kappa shape index (κ1) is 25.0. The van der Waals surface area contributed by atoms with Crippen LogP contribution < -0.4 is 16.0 Å². The van der Waals surface area contributed by atoms with E-state index in [4.69, 9.17) is 0 Å². The van der Waals surface area contributed by atoms with Crippen LogP contribution in [0.25, 0.3) is 0 Å². The Morgan fingerprint density at radius 1 is 0.889 bits per heavy atom. The van der Waals surface area contributed by atoms with Crippen molar-refractivity contribution in [3.63, 3.8) is 0 Å². The Morgan fingerprint density at radius 2 is 1.37 bits per heavy atom. The van der Waals surface area contributed by atoms with Crippen molar-refractivity contribution >= 4 is 34.5 Å². The highest BCUT2D eigenvalue weighted by molar-refractivity contribution is 7.84. The van der Waals surface area contributed by atoms with Crippen molar-refractivity contribution < 1.29 is 28.5 Å². The third-order valence-electron chi connectivity index (χ3n) is 3.87.